The predicted octanol–water partition coefficient (Wildman–Crippen LogP) is 1.86. The highest BCUT2D eigenvalue weighted by molar-refractivity contribution is 14.0. The van der Waals surface area contributed by atoms with E-state index in [1.807, 2.05) is 12.1 Å². The van der Waals surface area contributed by atoms with E-state index in [0.29, 0.717) is 17.5 Å². The summed E-state index contributed by atoms with van der Waals surface area (Å²) in [6, 6.07) is 7.27. The Morgan fingerprint density at radius 2 is 1.89 bits per heavy atom. The largest absolute Gasteiger partial charge is 0.368 e. The molecule has 1 heterocycles. The van der Waals surface area contributed by atoms with E-state index >= 15 is 0 Å². The number of hydrogen-bond acceptors (Lipinski definition) is 3. The summed E-state index contributed by atoms with van der Waals surface area (Å²) in [5, 5.41) is 5.89. The number of hydrogen-bond donors (Lipinski definition) is 3. The molecule has 0 aromatic heterocycles. The summed E-state index contributed by atoms with van der Waals surface area (Å²) in [5.74, 6) is 0.112. The number of benzene rings is 1. The Bertz CT molecular complexity index is 716. The van der Waals surface area contributed by atoms with Crippen LogP contribution in [0.2, 0.25) is 0 Å². The summed E-state index contributed by atoms with van der Waals surface area (Å²) in [6.45, 7) is 5.53. The molecule has 1 aromatic rings. The minimum absolute atomic E-state index is 0. The fourth-order valence-corrected chi connectivity index (χ4v) is 3.82. The molecule has 3 rings (SSSR count). The SMILES string of the molecule is CCNC(=NCc1ccc(C(=O)NCC(N)=O)cc1)N1CCC2(CCC2)C1.I. The van der Waals surface area contributed by atoms with Gasteiger partial charge in [0.1, 0.15) is 0 Å². The monoisotopic (exact) mass is 499 g/mol. The first kappa shape index (κ1) is 22.4. The standard InChI is InChI=1S/C20H29N5O2.HI/c1-2-22-19(25-11-10-20(14-25)8-3-9-20)24-12-15-4-6-16(7-5-15)18(27)23-13-17(21)26;/h4-7H,2-3,8-14H2,1H3,(H2,21,26)(H,22,24)(H,23,27);1H. The van der Waals surface area contributed by atoms with Gasteiger partial charge in [-0.05, 0) is 49.3 Å². The van der Waals surface area contributed by atoms with Crippen molar-refractivity contribution in [1.82, 2.24) is 15.5 Å². The number of nitrogens with one attached hydrogen (secondary N) is 2. The van der Waals surface area contributed by atoms with Crippen LogP contribution < -0.4 is 16.4 Å². The van der Waals surface area contributed by atoms with Crippen LogP contribution in [0.3, 0.4) is 0 Å². The van der Waals surface area contributed by atoms with E-state index in [1.165, 1.54) is 25.7 Å². The average molecular weight is 499 g/mol. The molecule has 28 heavy (non-hydrogen) atoms. The van der Waals surface area contributed by atoms with Crippen LogP contribution in [-0.4, -0.2) is 48.9 Å². The van der Waals surface area contributed by atoms with Gasteiger partial charge in [-0.3, -0.25) is 9.59 Å². The second kappa shape index (κ2) is 10.1. The van der Waals surface area contributed by atoms with Gasteiger partial charge < -0.3 is 21.3 Å². The summed E-state index contributed by atoms with van der Waals surface area (Å²) >= 11 is 0. The molecule has 1 aliphatic heterocycles. The van der Waals surface area contributed by atoms with Crippen molar-refractivity contribution in [1.29, 1.82) is 0 Å². The van der Waals surface area contributed by atoms with Gasteiger partial charge in [0.05, 0.1) is 13.1 Å². The van der Waals surface area contributed by atoms with E-state index in [1.54, 1.807) is 12.1 Å². The fraction of sp³-hybridized carbons (Fsp3) is 0.550. The van der Waals surface area contributed by atoms with Crippen molar-refractivity contribution in [3.05, 3.63) is 35.4 Å². The van der Waals surface area contributed by atoms with Gasteiger partial charge in [0.2, 0.25) is 5.91 Å². The third kappa shape index (κ3) is 5.59. The van der Waals surface area contributed by atoms with E-state index in [2.05, 4.69) is 22.5 Å². The highest BCUT2D eigenvalue weighted by Gasteiger charge is 2.43. The van der Waals surface area contributed by atoms with E-state index in [4.69, 9.17) is 10.7 Å². The fourth-order valence-electron chi connectivity index (χ4n) is 3.82. The minimum Gasteiger partial charge on any atom is -0.368 e. The predicted molar refractivity (Wildman–Crippen MR) is 121 cm³/mol. The van der Waals surface area contributed by atoms with Gasteiger partial charge in [0.25, 0.3) is 5.91 Å². The molecule has 2 aliphatic rings. The molecule has 0 unspecified atom stereocenters. The maximum Gasteiger partial charge on any atom is 0.251 e. The number of halogens is 1. The van der Waals surface area contributed by atoms with Crippen LogP contribution >= 0.6 is 24.0 Å². The number of aliphatic imine (C=N–C) groups is 1. The van der Waals surface area contributed by atoms with Crippen molar-refractivity contribution in [2.24, 2.45) is 16.1 Å². The molecular weight excluding hydrogens is 469 g/mol. The molecule has 2 fully saturated rings. The molecule has 8 heteroatoms. The van der Waals surface area contributed by atoms with Gasteiger partial charge in [-0.2, -0.15) is 0 Å². The van der Waals surface area contributed by atoms with Crippen LogP contribution in [0.25, 0.3) is 0 Å². The third-order valence-corrected chi connectivity index (χ3v) is 5.54. The summed E-state index contributed by atoms with van der Waals surface area (Å²) in [7, 11) is 0. The Balaban J connectivity index is 0.00000280. The van der Waals surface area contributed by atoms with Crippen LogP contribution in [0, 0.1) is 5.41 Å². The van der Waals surface area contributed by atoms with Crippen LogP contribution in [0.4, 0.5) is 0 Å². The zero-order valence-corrected chi connectivity index (χ0v) is 18.7. The summed E-state index contributed by atoms with van der Waals surface area (Å²) in [5.41, 5.74) is 7.11. The van der Waals surface area contributed by atoms with Crippen molar-refractivity contribution in [3.8, 4) is 0 Å². The summed E-state index contributed by atoms with van der Waals surface area (Å²) in [6.07, 6.45) is 5.33. The molecule has 1 saturated carbocycles. The second-order valence-corrected chi connectivity index (χ2v) is 7.54. The van der Waals surface area contributed by atoms with Crippen molar-refractivity contribution < 1.29 is 9.59 Å². The molecule has 2 amide bonds. The molecule has 1 aliphatic carbocycles. The maximum atomic E-state index is 11.9. The molecule has 7 nitrogen and oxygen atoms in total. The molecule has 1 spiro atoms. The second-order valence-electron chi connectivity index (χ2n) is 7.54. The normalized spacial score (nSPS) is 17.6. The summed E-state index contributed by atoms with van der Waals surface area (Å²) in [4.78, 5) is 29.8. The number of guanidine groups is 1. The van der Waals surface area contributed by atoms with E-state index in [0.717, 1.165) is 31.2 Å². The van der Waals surface area contributed by atoms with Gasteiger partial charge in [-0.1, -0.05) is 18.6 Å². The lowest BCUT2D eigenvalue weighted by Crippen LogP contribution is -2.42. The zero-order chi connectivity index (χ0) is 19.3. The average Bonchev–Trinajstić information content (AvgIpc) is 3.09. The van der Waals surface area contributed by atoms with Crippen LogP contribution in [0.5, 0.6) is 0 Å². The molecule has 1 saturated heterocycles. The molecule has 1 aromatic carbocycles. The van der Waals surface area contributed by atoms with Crippen molar-refractivity contribution >= 4 is 41.8 Å². The maximum absolute atomic E-state index is 11.9. The molecule has 4 N–H and O–H groups in total. The van der Waals surface area contributed by atoms with Crippen molar-refractivity contribution in [2.45, 2.75) is 39.2 Å². The highest BCUT2D eigenvalue weighted by Crippen LogP contribution is 2.47. The topological polar surface area (TPSA) is 99.8 Å². The van der Waals surface area contributed by atoms with Crippen LogP contribution in [-0.2, 0) is 11.3 Å². The Morgan fingerprint density at radius 3 is 2.43 bits per heavy atom. The molecule has 0 radical (unpaired) electrons. The number of primary amides is 1. The van der Waals surface area contributed by atoms with E-state index in [9.17, 15) is 9.59 Å². The minimum atomic E-state index is -0.559. The Labute approximate surface area is 183 Å². The molecule has 154 valence electrons. The quantitative estimate of drug-likeness (QED) is 0.316. The molecular formula is C20H30IN5O2. The van der Waals surface area contributed by atoms with E-state index < -0.39 is 5.91 Å². The Morgan fingerprint density at radius 1 is 1.18 bits per heavy atom. The van der Waals surface area contributed by atoms with Gasteiger partial charge in [0, 0.05) is 25.2 Å². The van der Waals surface area contributed by atoms with Gasteiger partial charge in [-0.25, -0.2) is 4.99 Å². The van der Waals surface area contributed by atoms with Crippen LogP contribution in [0.1, 0.15) is 48.5 Å². The van der Waals surface area contributed by atoms with Crippen molar-refractivity contribution in [3.63, 3.8) is 0 Å². The van der Waals surface area contributed by atoms with Crippen molar-refractivity contribution in [2.75, 3.05) is 26.2 Å². The third-order valence-electron chi connectivity index (χ3n) is 5.54. The first-order chi connectivity index (χ1) is 13.0. The van der Waals surface area contributed by atoms with E-state index in [-0.39, 0.29) is 36.4 Å². The number of nitrogens with two attached hydrogens (primary N) is 1. The molecule has 0 bridgehead atoms. The first-order valence-electron chi connectivity index (χ1n) is 9.70. The number of carbonyl (C=O) groups excluding carboxylic acids is 2. The Kier molecular flexibility index (Phi) is 8.09. The lowest BCUT2D eigenvalue weighted by Gasteiger charge is -2.38. The zero-order valence-electron chi connectivity index (χ0n) is 16.4. The van der Waals surface area contributed by atoms with Gasteiger partial charge >= 0.3 is 0 Å². The highest BCUT2D eigenvalue weighted by atomic mass is 127. The molecule has 0 atom stereocenters. The van der Waals surface area contributed by atoms with Gasteiger partial charge in [-0.15, -0.1) is 24.0 Å². The van der Waals surface area contributed by atoms with Gasteiger partial charge in [0.15, 0.2) is 5.96 Å². The number of nitrogens with zero attached hydrogens (tertiary/aromatic N) is 2. The first-order valence-corrected chi connectivity index (χ1v) is 9.70. The number of likely N-dealkylation sites (tertiary alicyclic amines) is 1. The lowest BCUT2D eigenvalue weighted by atomic mass is 9.68. The number of amides is 2. The van der Waals surface area contributed by atoms with Crippen LogP contribution in [0.15, 0.2) is 29.3 Å². The number of carbonyl (C=O) groups is 2. The summed E-state index contributed by atoms with van der Waals surface area (Å²) < 4.78 is 0. The lowest BCUT2D eigenvalue weighted by molar-refractivity contribution is -0.117. The smallest absolute Gasteiger partial charge is 0.251 e. The Hall–Kier alpha value is -1.84. The number of rotatable bonds is 6.